The van der Waals surface area contributed by atoms with Crippen LogP contribution in [0.15, 0.2) is 18.2 Å². The Hall–Kier alpha value is -1.77. The van der Waals surface area contributed by atoms with Gasteiger partial charge in [-0.2, -0.15) is 5.26 Å². The maximum atomic E-state index is 11.4. The van der Waals surface area contributed by atoms with Crippen LogP contribution in [0.25, 0.3) is 0 Å². The SMILES string of the molecule is N#Cc1ccc(NCC2CCO2)c(NC(=O)CCl)c1. The molecule has 1 aromatic carbocycles. The van der Waals surface area contributed by atoms with E-state index < -0.39 is 0 Å². The molecule has 1 heterocycles. The van der Waals surface area contributed by atoms with E-state index in [1.807, 2.05) is 6.07 Å². The summed E-state index contributed by atoms with van der Waals surface area (Å²) in [6.45, 7) is 1.48. The summed E-state index contributed by atoms with van der Waals surface area (Å²) in [5.41, 5.74) is 1.80. The third-order valence-corrected chi connectivity index (χ3v) is 3.10. The molecule has 1 fully saturated rings. The smallest absolute Gasteiger partial charge is 0.239 e. The van der Waals surface area contributed by atoms with Gasteiger partial charge in [-0.1, -0.05) is 0 Å². The first-order valence-electron chi connectivity index (χ1n) is 5.98. The van der Waals surface area contributed by atoms with E-state index in [1.54, 1.807) is 18.2 Å². The molecule has 0 aromatic heterocycles. The Kier molecular flexibility index (Phi) is 4.61. The summed E-state index contributed by atoms with van der Waals surface area (Å²) in [5, 5.41) is 14.8. The molecule has 0 radical (unpaired) electrons. The van der Waals surface area contributed by atoms with Crippen LogP contribution >= 0.6 is 11.6 Å². The Morgan fingerprint density at radius 2 is 2.32 bits per heavy atom. The summed E-state index contributed by atoms with van der Waals surface area (Å²) in [6, 6.07) is 7.12. The van der Waals surface area contributed by atoms with E-state index in [-0.39, 0.29) is 17.9 Å². The van der Waals surface area contributed by atoms with Crippen LogP contribution in [0.4, 0.5) is 11.4 Å². The van der Waals surface area contributed by atoms with E-state index in [9.17, 15) is 4.79 Å². The third kappa shape index (κ3) is 3.60. The average molecular weight is 280 g/mol. The van der Waals surface area contributed by atoms with Crippen LogP contribution in [0.1, 0.15) is 12.0 Å². The normalized spacial score (nSPS) is 17.2. The molecule has 1 atom stereocenters. The van der Waals surface area contributed by atoms with Crippen molar-refractivity contribution in [3.63, 3.8) is 0 Å². The molecule has 2 N–H and O–H groups in total. The van der Waals surface area contributed by atoms with Crippen molar-refractivity contribution in [3.8, 4) is 6.07 Å². The molecule has 1 unspecified atom stereocenters. The molecule has 0 spiro atoms. The van der Waals surface area contributed by atoms with Crippen LogP contribution in [0.3, 0.4) is 0 Å². The Morgan fingerprint density at radius 1 is 1.53 bits per heavy atom. The predicted octanol–water partition coefficient (Wildman–Crippen LogP) is 1.94. The third-order valence-electron chi connectivity index (χ3n) is 2.86. The fraction of sp³-hybridized carbons (Fsp3) is 0.385. The lowest BCUT2D eigenvalue weighted by molar-refractivity contribution is -0.113. The summed E-state index contributed by atoms with van der Waals surface area (Å²) in [4.78, 5) is 11.4. The van der Waals surface area contributed by atoms with E-state index in [1.165, 1.54) is 0 Å². The molecule has 2 rings (SSSR count). The van der Waals surface area contributed by atoms with E-state index in [0.29, 0.717) is 17.8 Å². The number of carbonyl (C=O) groups is 1. The molecule has 1 amide bonds. The minimum absolute atomic E-state index is 0.123. The number of halogens is 1. The first-order valence-corrected chi connectivity index (χ1v) is 6.52. The fourth-order valence-electron chi connectivity index (χ4n) is 1.72. The lowest BCUT2D eigenvalue weighted by Gasteiger charge is -2.27. The molecule has 1 aromatic rings. The largest absolute Gasteiger partial charge is 0.381 e. The lowest BCUT2D eigenvalue weighted by atomic mass is 10.1. The number of carbonyl (C=O) groups excluding carboxylic acids is 1. The first kappa shape index (κ1) is 13.7. The van der Waals surface area contributed by atoms with Gasteiger partial charge >= 0.3 is 0 Å². The van der Waals surface area contributed by atoms with Crippen molar-refractivity contribution in [2.24, 2.45) is 0 Å². The van der Waals surface area contributed by atoms with Crippen molar-refractivity contribution in [2.75, 3.05) is 29.7 Å². The van der Waals surface area contributed by atoms with Crippen molar-refractivity contribution in [3.05, 3.63) is 23.8 Å². The number of benzene rings is 1. The van der Waals surface area contributed by atoms with Crippen molar-refractivity contribution in [2.45, 2.75) is 12.5 Å². The maximum absolute atomic E-state index is 11.4. The van der Waals surface area contributed by atoms with Gasteiger partial charge in [0, 0.05) is 13.2 Å². The average Bonchev–Trinajstić information content (AvgIpc) is 2.38. The second-order valence-electron chi connectivity index (χ2n) is 4.22. The highest BCUT2D eigenvalue weighted by atomic mass is 35.5. The highest BCUT2D eigenvalue weighted by Crippen LogP contribution is 2.24. The lowest BCUT2D eigenvalue weighted by Crippen LogP contribution is -2.33. The second-order valence-corrected chi connectivity index (χ2v) is 4.48. The van der Waals surface area contributed by atoms with Gasteiger partial charge < -0.3 is 15.4 Å². The summed E-state index contributed by atoms with van der Waals surface area (Å²) in [5.74, 6) is -0.429. The van der Waals surface area contributed by atoms with E-state index in [4.69, 9.17) is 21.6 Å². The number of hydrogen-bond donors (Lipinski definition) is 2. The molecule has 1 aliphatic heterocycles. The van der Waals surface area contributed by atoms with Gasteiger partial charge in [0.05, 0.1) is 29.1 Å². The zero-order valence-electron chi connectivity index (χ0n) is 10.3. The fourth-order valence-corrected chi connectivity index (χ4v) is 1.79. The molecular formula is C13H14ClN3O2. The van der Waals surface area contributed by atoms with Crippen LogP contribution < -0.4 is 10.6 Å². The van der Waals surface area contributed by atoms with Gasteiger partial charge in [-0.15, -0.1) is 11.6 Å². The van der Waals surface area contributed by atoms with Crippen molar-refractivity contribution < 1.29 is 9.53 Å². The van der Waals surface area contributed by atoms with Gasteiger partial charge in [0.2, 0.25) is 5.91 Å². The molecule has 6 heteroatoms. The number of nitrogens with zero attached hydrogens (tertiary/aromatic N) is 1. The molecule has 19 heavy (non-hydrogen) atoms. The summed E-state index contributed by atoms with van der Waals surface area (Å²) >= 11 is 5.47. The van der Waals surface area contributed by atoms with E-state index in [0.717, 1.165) is 18.7 Å². The number of nitriles is 1. The summed E-state index contributed by atoms with van der Waals surface area (Å²) < 4.78 is 5.32. The van der Waals surface area contributed by atoms with Crippen LogP contribution in [0, 0.1) is 11.3 Å². The minimum atomic E-state index is -0.306. The van der Waals surface area contributed by atoms with Crippen molar-refractivity contribution in [1.29, 1.82) is 5.26 Å². The maximum Gasteiger partial charge on any atom is 0.239 e. The standard InChI is InChI=1S/C13H14ClN3O2/c14-6-13(18)17-12-5-9(7-15)1-2-11(12)16-8-10-3-4-19-10/h1-2,5,10,16H,3-4,6,8H2,(H,17,18). The predicted molar refractivity (Wildman–Crippen MR) is 73.4 cm³/mol. The number of rotatable bonds is 5. The van der Waals surface area contributed by atoms with E-state index in [2.05, 4.69) is 10.6 Å². The van der Waals surface area contributed by atoms with Gasteiger partial charge in [0.25, 0.3) is 0 Å². The number of anilines is 2. The summed E-state index contributed by atoms with van der Waals surface area (Å²) in [6.07, 6.45) is 1.25. The highest BCUT2D eigenvalue weighted by Gasteiger charge is 2.18. The second kappa shape index (κ2) is 6.41. The Morgan fingerprint density at radius 3 is 2.89 bits per heavy atom. The van der Waals surface area contributed by atoms with Gasteiger partial charge in [-0.25, -0.2) is 0 Å². The van der Waals surface area contributed by atoms with Crippen LogP contribution in [0.5, 0.6) is 0 Å². The quantitative estimate of drug-likeness (QED) is 0.808. The number of ether oxygens (including phenoxy) is 1. The molecule has 1 saturated heterocycles. The summed E-state index contributed by atoms with van der Waals surface area (Å²) in [7, 11) is 0. The van der Waals surface area contributed by atoms with Crippen LogP contribution in [-0.2, 0) is 9.53 Å². The number of amides is 1. The van der Waals surface area contributed by atoms with Crippen LogP contribution in [0.2, 0.25) is 0 Å². The van der Waals surface area contributed by atoms with Gasteiger partial charge in [0.1, 0.15) is 5.88 Å². The molecule has 100 valence electrons. The molecule has 0 saturated carbocycles. The van der Waals surface area contributed by atoms with Crippen molar-refractivity contribution >= 4 is 28.9 Å². The van der Waals surface area contributed by atoms with Gasteiger partial charge in [0.15, 0.2) is 0 Å². The molecule has 0 bridgehead atoms. The van der Waals surface area contributed by atoms with Crippen molar-refractivity contribution in [1.82, 2.24) is 0 Å². The Balaban J connectivity index is 2.10. The minimum Gasteiger partial charge on any atom is -0.381 e. The molecule has 0 aliphatic carbocycles. The van der Waals surface area contributed by atoms with Gasteiger partial charge in [-0.3, -0.25) is 4.79 Å². The number of hydrogen-bond acceptors (Lipinski definition) is 4. The molecular weight excluding hydrogens is 266 g/mol. The zero-order chi connectivity index (χ0) is 13.7. The number of alkyl halides is 1. The first-order chi connectivity index (χ1) is 9.22. The van der Waals surface area contributed by atoms with Gasteiger partial charge in [-0.05, 0) is 24.6 Å². The Labute approximate surface area is 116 Å². The molecule has 1 aliphatic rings. The highest BCUT2D eigenvalue weighted by molar-refractivity contribution is 6.29. The molecule has 5 nitrogen and oxygen atoms in total. The van der Waals surface area contributed by atoms with Crippen LogP contribution in [-0.4, -0.2) is 31.0 Å². The zero-order valence-corrected chi connectivity index (χ0v) is 11.0. The monoisotopic (exact) mass is 279 g/mol. The topological polar surface area (TPSA) is 74.2 Å². The Bertz CT molecular complexity index is 509. The number of nitrogens with one attached hydrogen (secondary N) is 2. The van der Waals surface area contributed by atoms with E-state index >= 15 is 0 Å².